The number of benzene rings is 1. The van der Waals surface area contributed by atoms with Crippen LogP contribution in [0.1, 0.15) is 11.3 Å². The molecule has 0 spiro atoms. The van der Waals surface area contributed by atoms with Crippen LogP contribution in [0.3, 0.4) is 0 Å². The maximum atomic E-state index is 11.5. The number of aryl methyl sites for hydroxylation is 1. The lowest BCUT2D eigenvalue weighted by Gasteiger charge is -2.08. The van der Waals surface area contributed by atoms with Crippen molar-refractivity contribution in [2.75, 3.05) is 0 Å². The van der Waals surface area contributed by atoms with Gasteiger partial charge >= 0.3 is 0 Å². The Morgan fingerprint density at radius 2 is 1.95 bits per heavy atom. The first-order valence-corrected chi connectivity index (χ1v) is 7.70. The first-order chi connectivity index (χ1) is 10.6. The molecule has 5 nitrogen and oxygen atoms in total. The zero-order valence-corrected chi connectivity index (χ0v) is 12.7. The molecule has 0 aliphatic carbocycles. The number of nitrogens with zero attached hydrogens (tertiary/aromatic N) is 1. The van der Waals surface area contributed by atoms with Crippen molar-refractivity contribution < 1.29 is 14.3 Å². The van der Waals surface area contributed by atoms with Gasteiger partial charge in [-0.3, -0.25) is 14.9 Å². The molecule has 1 aliphatic rings. The van der Waals surface area contributed by atoms with Crippen LogP contribution in [0, 0.1) is 6.92 Å². The molecule has 6 heteroatoms. The largest absolute Gasteiger partial charge is 0.439 e. The van der Waals surface area contributed by atoms with Crippen LogP contribution in [0.25, 0.3) is 0 Å². The molecule has 0 bridgehead atoms. The van der Waals surface area contributed by atoms with Crippen LogP contribution >= 0.6 is 11.8 Å². The van der Waals surface area contributed by atoms with Gasteiger partial charge in [-0.1, -0.05) is 30.0 Å². The quantitative estimate of drug-likeness (QED) is 0.939. The molecule has 2 aromatic rings. The molecule has 1 aliphatic heterocycles. The van der Waals surface area contributed by atoms with Crippen molar-refractivity contribution in [3.63, 3.8) is 0 Å². The molecule has 2 heterocycles. The molecule has 2 amide bonds. The van der Waals surface area contributed by atoms with Gasteiger partial charge in [-0.05, 0) is 37.1 Å². The Kier molecular flexibility index (Phi) is 4.11. The van der Waals surface area contributed by atoms with Crippen LogP contribution in [0.5, 0.6) is 11.6 Å². The fourth-order valence-electron chi connectivity index (χ4n) is 2.13. The van der Waals surface area contributed by atoms with Gasteiger partial charge in [0.25, 0.3) is 5.24 Å². The Morgan fingerprint density at radius 3 is 2.59 bits per heavy atom. The van der Waals surface area contributed by atoms with Crippen LogP contribution in [0.15, 0.2) is 42.5 Å². The zero-order chi connectivity index (χ0) is 15.5. The number of nitrogens with one attached hydrogen (secondary N) is 1. The highest BCUT2D eigenvalue weighted by atomic mass is 32.2. The van der Waals surface area contributed by atoms with Gasteiger partial charge in [0.1, 0.15) is 5.75 Å². The van der Waals surface area contributed by atoms with E-state index < -0.39 is 0 Å². The van der Waals surface area contributed by atoms with E-state index in [0.29, 0.717) is 18.1 Å². The predicted molar refractivity (Wildman–Crippen MR) is 84.1 cm³/mol. The zero-order valence-electron chi connectivity index (χ0n) is 11.9. The summed E-state index contributed by atoms with van der Waals surface area (Å²) >= 11 is 1.04. The molecule has 22 heavy (non-hydrogen) atoms. The van der Waals surface area contributed by atoms with Crippen molar-refractivity contribution in [3.8, 4) is 11.6 Å². The summed E-state index contributed by atoms with van der Waals surface area (Å²) in [7, 11) is 0. The van der Waals surface area contributed by atoms with E-state index in [1.54, 1.807) is 6.07 Å². The van der Waals surface area contributed by atoms with Gasteiger partial charge in [-0.15, -0.1) is 0 Å². The highest BCUT2D eigenvalue weighted by molar-refractivity contribution is 8.15. The standard InChI is InChI=1S/C16H14N2O3S/c1-10-3-2-4-14(17-10)21-12-7-5-11(6-8-12)9-13-15(19)18-16(20)22-13/h2-8,13H,9H2,1H3,(H,18,19,20)/t13-/m1/s1. The molecular weight excluding hydrogens is 300 g/mol. The van der Waals surface area contributed by atoms with E-state index in [4.69, 9.17) is 4.74 Å². The van der Waals surface area contributed by atoms with Gasteiger partial charge in [0.2, 0.25) is 11.8 Å². The van der Waals surface area contributed by atoms with Crippen molar-refractivity contribution in [2.45, 2.75) is 18.6 Å². The summed E-state index contributed by atoms with van der Waals surface area (Å²) in [5.74, 6) is 1.00. The van der Waals surface area contributed by atoms with E-state index in [1.165, 1.54) is 0 Å². The smallest absolute Gasteiger partial charge is 0.286 e. The van der Waals surface area contributed by atoms with Gasteiger partial charge in [-0.2, -0.15) is 0 Å². The van der Waals surface area contributed by atoms with Crippen LogP contribution in [0.4, 0.5) is 4.79 Å². The Balaban J connectivity index is 1.65. The summed E-state index contributed by atoms with van der Waals surface area (Å²) in [6.07, 6.45) is 0.519. The molecule has 0 saturated carbocycles. The number of thioether (sulfide) groups is 1. The van der Waals surface area contributed by atoms with Crippen molar-refractivity contribution in [3.05, 3.63) is 53.7 Å². The Bertz CT molecular complexity index is 716. The summed E-state index contributed by atoms with van der Waals surface area (Å²) in [6, 6.07) is 13.0. The topological polar surface area (TPSA) is 68.3 Å². The van der Waals surface area contributed by atoms with Crippen molar-refractivity contribution in [2.24, 2.45) is 0 Å². The highest BCUT2D eigenvalue weighted by Gasteiger charge is 2.31. The molecule has 0 unspecified atom stereocenters. The molecular formula is C16H14N2O3S. The van der Waals surface area contributed by atoms with E-state index in [1.807, 2.05) is 43.3 Å². The van der Waals surface area contributed by atoms with E-state index >= 15 is 0 Å². The third-order valence-electron chi connectivity index (χ3n) is 3.20. The minimum Gasteiger partial charge on any atom is -0.439 e. The second-order valence-electron chi connectivity index (χ2n) is 4.95. The number of amides is 2. The summed E-state index contributed by atoms with van der Waals surface area (Å²) in [4.78, 5) is 27.0. The third kappa shape index (κ3) is 3.46. The van der Waals surface area contributed by atoms with Crippen LogP contribution < -0.4 is 10.1 Å². The monoisotopic (exact) mass is 314 g/mol. The van der Waals surface area contributed by atoms with E-state index in [2.05, 4.69) is 10.3 Å². The van der Waals surface area contributed by atoms with Crippen LogP contribution in [0.2, 0.25) is 0 Å². The maximum Gasteiger partial charge on any atom is 0.286 e. The summed E-state index contributed by atoms with van der Waals surface area (Å²) in [6.45, 7) is 1.90. The number of carbonyl (C=O) groups is 2. The average molecular weight is 314 g/mol. The Morgan fingerprint density at radius 1 is 1.18 bits per heavy atom. The molecule has 1 atom stereocenters. The number of hydrogen-bond donors (Lipinski definition) is 1. The van der Waals surface area contributed by atoms with E-state index in [9.17, 15) is 9.59 Å². The number of ether oxygens (including phenoxy) is 1. The number of rotatable bonds is 4. The van der Waals surface area contributed by atoms with Crippen LogP contribution in [-0.4, -0.2) is 21.4 Å². The van der Waals surface area contributed by atoms with Crippen LogP contribution in [-0.2, 0) is 11.2 Å². The van der Waals surface area contributed by atoms with Gasteiger partial charge in [0, 0.05) is 11.8 Å². The first kappa shape index (κ1) is 14.6. The fourth-order valence-corrected chi connectivity index (χ4v) is 2.99. The van der Waals surface area contributed by atoms with E-state index in [0.717, 1.165) is 23.0 Å². The molecule has 1 aromatic heterocycles. The third-order valence-corrected chi connectivity index (χ3v) is 4.18. The summed E-state index contributed by atoms with van der Waals surface area (Å²) in [5, 5.41) is 1.66. The number of pyridine rings is 1. The lowest BCUT2D eigenvalue weighted by Crippen LogP contribution is -2.25. The second-order valence-corrected chi connectivity index (χ2v) is 6.13. The average Bonchev–Trinajstić information content (AvgIpc) is 2.79. The SMILES string of the molecule is Cc1cccc(Oc2ccc(C[C@H]3SC(=O)NC3=O)cc2)n1. The number of carbonyl (C=O) groups excluding carboxylic acids is 2. The number of hydrogen-bond acceptors (Lipinski definition) is 5. The maximum absolute atomic E-state index is 11.5. The van der Waals surface area contributed by atoms with Crippen molar-refractivity contribution >= 4 is 22.9 Å². The molecule has 1 N–H and O–H groups in total. The molecule has 1 fully saturated rings. The summed E-state index contributed by atoms with van der Waals surface area (Å²) in [5.41, 5.74) is 1.87. The lowest BCUT2D eigenvalue weighted by molar-refractivity contribution is -0.118. The first-order valence-electron chi connectivity index (χ1n) is 6.82. The molecule has 1 aromatic carbocycles. The molecule has 3 rings (SSSR count). The van der Waals surface area contributed by atoms with Gasteiger partial charge in [0.15, 0.2) is 0 Å². The Hall–Kier alpha value is -2.34. The number of aromatic nitrogens is 1. The van der Waals surface area contributed by atoms with Gasteiger partial charge < -0.3 is 4.74 Å². The minimum absolute atomic E-state index is 0.223. The van der Waals surface area contributed by atoms with Gasteiger partial charge in [0.05, 0.1) is 5.25 Å². The van der Waals surface area contributed by atoms with Crippen molar-refractivity contribution in [1.82, 2.24) is 10.3 Å². The Labute approximate surface area is 132 Å². The molecule has 0 radical (unpaired) electrons. The van der Waals surface area contributed by atoms with Crippen molar-refractivity contribution in [1.29, 1.82) is 0 Å². The second kappa shape index (κ2) is 6.19. The predicted octanol–water partition coefficient (Wildman–Crippen LogP) is 3.08. The normalized spacial score (nSPS) is 17.4. The molecule has 112 valence electrons. The fraction of sp³-hybridized carbons (Fsp3) is 0.188. The van der Waals surface area contributed by atoms with E-state index in [-0.39, 0.29) is 16.4 Å². The molecule has 1 saturated heterocycles. The number of imide groups is 1. The minimum atomic E-state index is -0.349. The highest BCUT2D eigenvalue weighted by Crippen LogP contribution is 2.25. The summed E-state index contributed by atoms with van der Waals surface area (Å²) < 4.78 is 5.67. The van der Waals surface area contributed by atoms with Gasteiger partial charge in [-0.25, -0.2) is 4.98 Å². The lowest BCUT2D eigenvalue weighted by atomic mass is 10.1.